The minimum atomic E-state index is 0.485. The third kappa shape index (κ3) is 2.56. The lowest BCUT2D eigenvalue weighted by atomic mass is 10.0. The lowest BCUT2D eigenvalue weighted by Gasteiger charge is -2.12. The Bertz CT molecular complexity index is 297. The number of nitrogens with one attached hydrogen (secondary N) is 1. The van der Waals surface area contributed by atoms with Crippen LogP contribution >= 0.6 is 22.6 Å². The monoisotopic (exact) mass is 305 g/mol. The molecule has 0 aliphatic rings. The third-order valence-corrected chi connectivity index (χ3v) is 3.14. The molecule has 0 spiro atoms. The maximum Gasteiger partial charge on any atom is 0.142 e. The highest BCUT2D eigenvalue weighted by Crippen LogP contribution is 2.22. The standard InChI is InChI=1S/C10H16IN3/c1-4-7(5-2)9-13-6-8(11)10(12-3)14-9/h6-7H,4-5H2,1-3H3,(H,12,13,14). The molecule has 0 aliphatic heterocycles. The van der Waals surface area contributed by atoms with E-state index in [-0.39, 0.29) is 0 Å². The molecule has 0 fully saturated rings. The predicted molar refractivity (Wildman–Crippen MR) is 67.6 cm³/mol. The average Bonchev–Trinajstić information content (AvgIpc) is 2.22. The molecule has 78 valence electrons. The lowest BCUT2D eigenvalue weighted by Crippen LogP contribution is -2.06. The summed E-state index contributed by atoms with van der Waals surface area (Å²) in [6.07, 6.45) is 4.08. The van der Waals surface area contributed by atoms with Crippen molar-refractivity contribution in [2.24, 2.45) is 0 Å². The number of hydrogen-bond donors (Lipinski definition) is 1. The molecule has 3 nitrogen and oxygen atoms in total. The second kappa shape index (κ2) is 5.48. The van der Waals surface area contributed by atoms with Gasteiger partial charge < -0.3 is 5.32 Å². The van der Waals surface area contributed by atoms with Crippen LogP contribution in [0.1, 0.15) is 38.4 Å². The van der Waals surface area contributed by atoms with E-state index in [4.69, 9.17) is 0 Å². The maximum atomic E-state index is 4.50. The molecule has 0 saturated heterocycles. The zero-order valence-corrected chi connectivity index (χ0v) is 11.0. The van der Waals surface area contributed by atoms with Gasteiger partial charge in [-0.25, -0.2) is 9.97 Å². The smallest absolute Gasteiger partial charge is 0.142 e. The molecule has 1 aromatic rings. The summed E-state index contributed by atoms with van der Waals surface area (Å²) in [5, 5.41) is 3.08. The second-order valence-electron chi connectivity index (χ2n) is 3.19. The van der Waals surface area contributed by atoms with Crippen molar-refractivity contribution in [1.29, 1.82) is 0 Å². The molecular formula is C10H16IN3. The molecule has 0 aromatic carbocycles. The van der Waals surface area contributed by atoms with E-state index in [0.29, 0.717) is 5.92 Å². The molecule has 0 saturated carbocycles. The van der Waals surface area contributed by atoms with Crippen LogP contribution in [0.3, 0.4) is 0 Å². The van der Waals surface area contributed by atoms with E-state index in [1.165, 1.54) is 0 Å². The van der Waals surface area contributed by atoms with E-state index in [2.05, 4.69) is 51.7 Å². The van der Waals surface area contributed by atoms with E-state index in [0.717, 1.165) is 28.1 Å². The highest BCUT2D eigenvalue weighted by atomic mass is 127. The third-order valence-electron chi connectivity index (χ3n) is 2.35. The molecule has 1 N–H and O–H groups in total. The van der Waals surface area contributed by atoms with Crippen LogP contribution in [0.25, 0.3) is 0 Å². The van der Waals surface area contributed by atoms with Gasteiger partial charge in [0.05, 0.1) is 3.57 Å². The van der Waals surface area contributed by atoms with Gasteiger partial charge in [-0.05, 0) is 35.4 Å². The maximum absolute atomic E-state index is 4.50. The summed E-state index contributed by atoms with van der Waals surface area (Å²) in [5.74, 6) is 2.38. The Morgan fingerprint density at radius 2 is 2.07 bits per heavy atom. The molecule has 1 heterocycles. The van der Waals surface area contributed by atoms with Crippen molar-refractivity contribution in [3.63, 3.8) is 0 Å². The first-order valence-corrected chi connectivity index (χ1v) is 6.00. The molecule has 1 aromatic heterocycles. The van der Waals surface area contributed by atoms with Gasteiger partial charge >= 0.3 is 0 Å². The van der Waals surface area contributed by atoms with Crippen molar-refractivity contribution >= 4 is 28.4 Å². The molecule has 1 rings (SSSR count). The second-order valence-corrected chi connectivity index (χ2v) is 4.35. The molecule has 4 heteroatoms. The quantitative estimate of drug-likeness (QED) is 0.869. The fraction of sp³-hybridized carbons (Fsp3) is 0.600. The lowest BCUT2D eigenvalue weighted by molar-refractivity contribution is 0.602. The summed E-state index contributed by atoms with van der Waals surface area (Å²) in [7, 11) is 1.89. The topological polar surface area (TPSA) is 37.8 Å². The first-order chi connectivity index (χ1) is 6.72. The number of rotatable bonds is 4. The van der Waals surface area contributed by atoms with E-state index < -0.39 is 0 Å². The van der Waals surface area contributed by atoms with Crippen molar-refractivity contribution in [2.75, 3.05) is 12.4 Å². The fourth-order valence-corrected chi connectivity index (χ4v) is 1.94. The van der Waals surface area contributed by atoms with Crippen molar-refractivity contribution in [2.45, 2.75) is 32.6 Å². The Morgan fingerprint density at radius 3 is 2.57 bits per heavy atom. The normalized spacial score (nSPS) is 10.6. The van der Waals surface area contributed by atoms with Gasteiger partial charge in [-0.2, -0.15) is 0 Å². The number of anilines is 1. The Labute approximate surface area is 98.9 Å². The minimum absolute atomic E-state index is 0.485. The summed E-state index contributed by atoms with van der Waals surface area (Å²) in [5.41, 5.74) is 0. The van der Waals surface area contributed by atoms with E-state index in [9.17, 15) is 0 Å². The number of hydrogen-bond acceptors (Lipinski definition) is 3. The molecule has 0 atom stereocenters. The largest absolute Gasteiger partial charge is 0.372 e. The molecule has 0 aliphatic carbocycles. The fourth-order valence-electron chi connectivity index (χ4n) is 1.41. The van der Waals surface area contributed by atoms with Crippen LogP contribution < -0.4 is 5.32 Å². The van der Waals surface area contributed by atoms with Crippen molar-refractivity contribution in [3.8, 4) is 0 Å². The Kier molecular flexibility index (Phi) is 4.57. The summed E-state index contributed by atoms with van der Waals surface area (Å²) < 4.78 is 1.07. The Balaban J connectivity index is 2.98. The highest BCUT2D eigenvalue weighted by Gasteiger charge is 2.11. The number of halogens is 1. The van der Waals surface area contributed by atoms with Crippen LogP contribution in [0.5, 0.6) is 0 Å². The molecule has 0 bridgehead atoms. The molecule has 0 amide bonds. The first-order valence-electron chi connectivity index (χ1n) is 4.93. The van der Waals surface area contributed by atoms with E-state index >= 15 is 0 Å². The van der Waals surface area contributed by atoms with Gasteiger partial charge in [0.25, 0.3) is 0 Å². The van der Waals surface area contributed by atoms with Gasteiger partial charge in [0.2, 0.25) is 0 Å². The van der Waals surface area contributed by atoms with Gasteiger partial charge in [0, 0.05) is 19.2 Å². The predicted octanol–water partition coefficient (Wildman–Crippen LogP) is 3.03. The average molecular weight is 305 g/mol. The van der Waals surface area contributed by atoms with E-state index in [1.54, 1.807) is 0 Å². The Morgan fingerprint density at radius 1 is 1.43 bits per heavy atom. The zero-order valence-electron chi connectivity index (χ0n) is 8.84. The van der Waals surface area contributed by atoms with Gasteiger partial charge in [-0.3, -0.25) is 0 Å². The number of aromatic nitrogens is 2. The van der Waals surface area contributed by atoms with Crippen molar-refractivity contribution < 1.29 is 0 Å². The first kappa shape index (κ1) is 11.7. The summed E-state index contributed by atoms with van der Waals surface area (Å²) in [4.78, 5) is 8.87. The highest BCUT2D eigenvalue weighted by molar-refractivity contribution is 14.1. The molecule has 0 radical (unpaired) electrons. The summed E-state index contributed by atoms with van der Waals surface area (Å²) in [6.45, 7) is 4.35. The van der Waals surface area contributed by atoms with Gasteiger partial charge in [-0.15, -0.1) is 0 Å². The van der Waals surface area contributed by atoms with E-state index in [1.807, 2.05) is 13.2 Å². The van der Waals surface area contributed by atoms with Crippen LogP contribution in [0.15, 0.2) is 6.20 Å². The van der Waals surface area contributed by atoms with Crippen LogP contribution in [0.4, 0.5) is 5.82 Å². The SMILES string of the molecule is CCC(CC)c1ncc(I)c(NC)n1. The van der Waals surface area contributed by atoms with Gasteiger partial charge in [0.1, 0.15) is 11.6 Å². The number of nitrogens with zero attached hydrogens (tertiary/aromatic N) is 2. The molecule has 14 heavy (non-hydrogen) atoms. The Hall–Kier alpha value is -0.390. The summed E-state index contributed by atoms with van der Waals surface area (Å²) >= 11 is 2.24. The van der Waals surface area contributed by atoms with Gasteiger partial charge in [-0.1, -0.05) is 13.8 Å². The van der Waals surface area contributed by atoms with Crippen LogP contribution in [0.2, 0.25) is 0 Å². The van der Waals surface area contributed by atoms with Crippen LogP contribution in [-0.4, -0.2) is 17.0 Å². The summed E-state index contributed by atoms with van der Waals surface area (Å²) in [6, 6.07) is 0. The van der Waals surface area contributed by atoms with Crippen LogP contribution in [0, 0.1) is 3.57 Å². The minimum Gasteiger partial charge on any atom is -0.372 e. The zero-order chi connectivity index (χ0) is 10.6. The van der Waals surface area contributed by atoms with Gasteiger partial charge in [0.15, 0.2) is 0 Å². The van der Waals surface area contributed by atoms with Crippen molar-refractivity contribution in [1.82, 2.24) is 9.97 Å². The molecular weight excluding hydrogens is 289 g/mol. The molecule has 0 unspecified atom stereocenters. The van der Waals surface area contributed by atoms with Crippen LogP contribution in [-0.2, 0) is 0 Å². The van der Waals surface area contributed by atoms with Crippen molar-refractivity contribution in [3.05, 3.63) is 15.6 Å².